The van der Waals surface area contributed by atoms with E-state index in [1.54, 1.807) is 32.0 Å². The lowest BCUT2D eigenvalue weighted by Crippen LogP contribution is -2.45. The second-order valence-electron chi connectivity index (χ2n) is 6.19. The van der Waals surface area contributed by atoms with Gasteiger partial charge in [0.15, 0.2) is 12.4 Å². The molecule has 1 aromatic carbocycles. The molecule has 0 aliphatic carbocycles. The average Bonchev–Trinajstić information content (AvgIpc) is 3.14. The summed E-state index contributed by atoms with van der Waals surface area (Å²) >= 11 is 0. The molecular formula is C19H22N2O5. The number of benzene rings is 1. The summed E-state index contributed by atoms with van der Waals surface area (Å²) in [5, 5.41) is 5.20. The van der Waals surface area contributed by atoms with Gasteiger partial charge in [0.1, 0.15) is 6.04 Å². The Morgan fingerprint density at radius 2 is 1.81 bits per heavy atom. The van der Waals surface area contributed by atoms with Crippen LogP contribution in [-0.2, 0) is 14.3 Å². The number of carbonyl (C=O) groups is 3. The zero-order valence-electron chi connectivity index (χ0n) is 14.9. The fourth-order valence-electron chi connectivity index (χ4n) is 2.18. The molecule has 0 saturated heterocycles. The molecular weight excluding hydrogens is 336 g/mol. The van der Waals surface area contributed by atoms with E-state index in [0.717, 1.165) is 5.56 Å². The highest BCUT2D eigenvalue weighted by Gasteiger charge is 2.27. The highest BCUT2D eigenvalue weighted by molar-refractivity contribution is 5.96. The minimum absolute atomic E-state index is 0.0977. The Balaban J connectivity index is 1.87. The molecule has 2 N–H and O–H groups in total. The lowest BCUT2D eigenvalue weighted by Gasteiger charge is -2.20. The van der Waals surface area contributed by atoms with Crippen LogP contribution in [0.5, 0.6) is 0 Å². The number of esters is 1. The molecule has 7 heteroatoms. The zero-order chi connectivity index (χ0) is 19.1. The van der Waals surface area contributed by atoms with Gasteiger partial charge in [-0.3, -0.25) is 9.59 Å². The van der Waals surface area contributed by atoms with E-state index in [9.17, 15) is 14.4 Å². The Bertz CT molecular complexity index is 751. The number of ether oxygens (including phenoxy) is 1. The van der Waals surface area contributed by atoms with Gasteiger partial charge in [-0.05, 0) is 37.1 Å². The molecule has 0 aliphatic rings. The number of aryl methyl sites for hydroxylation is 1. The molecule has 1 atom stereocenters. The van der Waals surface area contributed by atoms with E-state index in [-0.39, 0.29) is 11.7 Å². The van der Waals surface area contributed by atoms with E-state index >= 15 is 0 Å². The van der Waals surface area contributed by atoms with Gasteiger partial charge in [-0.25, -0.2) is 4.79 Å². The normalized spacial score (nSPS) is 11.7. The number of hydrogen-bond acceptors (Lipinski definition) is 5. The van der Waals surface area contributed by atoms with Crippen molar-refractivity contribution >= 4 is 23.5 Å². The summed E-state index contributed by atoms with van der Waals surface area (Å²) in [7, 11) is 0. The maximum Gasteiger partial charge on any atom is 0.329 e. The third-order valence-corrected chi connectivity index (χ3v) is 3.63. The van der Waals surface area contributed by atoms with Gasteiger partial charge in [0.2, 0.25) is 0 Å². The number of rotatable bonds is 7. The first-order valence-electron chi connectivity index (χ1n) is 8.24. The lowest BCUT2D eigenvalue weighted by molar-refractivity contribution is -0.150. The SMILES string of the molecule is Cc1ccc(NC(=O)COC(=O)[C@@H](NC(=O)c2ccco2)C(C)C)cc1. The van der Waals surface area contributed by atoms with Gasteiger partial charge in [0, 0.05) is 5.69 Å². The molecule has 1 aromatic heterocycles. The van der Waals surface area contributed by atoms with Crippen LogP contribution in [0.25, 0.3) is 0 Å². The van der Waals surface area contributed by atoms with E-state index < -0.39 is 30.4 Å². The van der Waals surface area contributed by atoms with Gasteiger partial charge >= 0.3 is 5.97 Å². The molecule has 0 fully saturated rings. The van der Waals surface area contributed by atoms with Crippen LogP contribution in [0.4, 0.5) is 5.69 Å². The van der Waals surface area contributed by atoms with Crippen molar-refractivity contribution in [2.75, 3.05) is 11.9 Å². The van der Waals surface area contributed by atoms with Crippen molar-refractivity contribution in [3.05, 3.63) is 54.0 Å². The van der Waals surface area contributed by atoms with Gasteiger partial charge < -0.3 is 19.8 Å². The summed E-state index contributed by atoms with van der Waals surface area (Å²) in [6.45, 7) is 5.03. The molecule has 0 aliphatic heterocycles. The molecule has 0 unspecified atom stereocenters. The smallest absolute Gasteiger partial charge is 0.329 e. The molecule has 2 amide bonds. The minimum Gasteiger partial charge on any atom is -0.459 e. The molecule has 2 rings (SSSR count). The summed E-state index contributed by atoms with van der Waals surface area (Å²) in [4.78, 5) is 36.2. The van der Waals surface area contributed by atoms with Crippen molar-refractivity contribution in [3.8, 4) is 0 Å². The largest absolute Gasteiger partial charge is 0.459 e. The standard InChI is InChI=1S/C19H22N2O5/c1-12(2)17(21-18(23)15-5-4-10-25-15)19(24)26-11-16(22)20-14-8-6-13(3)7-9-14/h4-10,12,17H,11H2,1-3H3,(H,20,22)(H,21,23)/t17-/m0/s1. The lowest BCUT2D eigenvalue weighted by atomic mass is 10.0. The molecule has 1 heterocycles. The fourth-order valence-corrected chi connectivity index (χ4v) is 2.18. The van der Waals surface area contributed by atoms with Crippen molar-refractivity contribution in [2.24, 2.45) is 5.92 Å². The molecule has 2 aromatic rings. The second kappa shape index (κ2) is 8.84. The third-order valence-electron chi connectivity index (χ3n) is 3.63. The van der Waals surface area contributed by atoms with Crippen LogP contribution < -0.4 is 10.6 Å². The first kappa shape index (κ1) is 19.2. The molecule has 138 valence electrons. The van der Waals surface area contributed by atoms with Crippen molar-refractivity contribution in [2.45, 2.75) is 26.8 Å². The van der Waals surface area contributed by atoms with Crippen molar-refractivity contribution in [1.82, 2.24) is 5.32 Å². The van der Waals surface area contributed by atoms with Crippen molar-refractivity contribution < 1.29 is 23.5 Å². The summed E-state index contributed by atoms with van der Waals surface area (Å²) in [6, 6.07) is 9.42. The van der Waals surface area contributed by atoms with Crippen LogP contribution in [0.2, 0.25) is 0 Å². The predicted octanol–water partition coefficient (Wildman–Crippen LogP) is 2.52. The van der Waals surface area contributed by atoms with Crippen molar-refractivity contribution in [3.63, 3.8) is 0 Å². The maximum atomic E-state index is 12.2. The number of carbonyl (C=O) groups excluding carboxylic acids is 3. The summed E-state index contributed by atoms with van der Waals surface area (Å²) in [6.07, 6.45) is 1.37. The number of furan rings is 1. The summed E-state index contributed by atoms with van der Waals surface area (Å²) < 4.78 is 10.0. The van der Waals surface area contributed by atoms with Crippen LogP contribution in [-0.4, -0.2) is 30.4 Å². The van der Waals surface area contributed by atoms with Gasteiger partial charge in [0.25, 0.3) is 11.8 Å². The predicted molar refractivity (Wildman–Crippen MR) is 95.6 cm³/mol. The first-order chi connectivity index (χ1) is 12.4. The topological polar surface area (TPSA) is 97.6 Å². The summed E-state index contributed by atoms with van der Waals surface area (Å²) in [5.74, 6) is -1.78. The number of amides is 2. The van der Waals surface area contributed by atoms with E-state index in [1.165, 1.54) is 12.3 Å². The van der Waals surface area contributed by atoms with Gasteiger partial charge in [0.05, 0.1) is 6.26 Å². The van der Waals surface area contributed by atoms with Gasteiger partial charge in [-0.1, -0.05) is 31.5 Å². The maximum absolute atomic E-state index is 12.2. The van der Waals surface area contributed by atoms with Gasteiger partial charge in [-0.15, -0.1) is 0 Å². The Kier molecular flexibility index (Phi) is 6.54. The second-order valence-corrected chi connectivity index (χ2v) is 6.19. The zero-order valence-corrected chi connectivity index (χ0v) is 14.9. The van der Waals surface area contributed by atoms with Gasteiger partial charge in [-0.2, -0.15) is 0 Å². The molecule has 0 saturated carbocycles. The van der Waals surface area contributed by atoms with Crippen LogP contribution in [0, 0.1) is 12.8 Å². The Labute approximate surface area is 151 Å². The van der Waals surface area contributed by atoms with Crippen LogP contribution in [0.15, 0.2) is 47.1 Å². The quantitative estimate of drug-likeness (QED) is 0.741. The Morgan fingerprint density at radius 1 is 1.12 bits per heavy atom. The monoisotopic (exact) mass is 358 g/mol. The van der Waals surface area contributed by atoms with E-state index in [1.807, 2.05) is 19.1 Å². The molecule has 0 spiro atoms. The minimum atomic E-state index is -0.889. The molecule has 0 bridgehead atoms. The Hall–Kier alpha value is -3.09. The highest BCUT2D eigenvalue weighted by Crippen LogP contribution is 2.09. The Morgan fingerprint density at radius 3 is 2.38 bits per heavy atom. The summed E-state index contributed by atoms with van der Waals surface area (Å²) in [5.41, 5.74) is 1.68. The molecule has 26 heavy (non-hydrogen) atoms. The van der Waals surface area contributed by atoms with Crippen LogP contribution >= 0.6 is 0 Å². The van der Waals surface area contributed by atoms with E-state index in [2.05, 4.69) is 10.6 Å². The average molecular weight is 358 g/mol. The fraction of sp³-hybridized carbons (Fsp3) is 0.316. The number of hydrogen-bond donors (Lipinski definition) is 2. The number of nitrogens with one attached hydrogen (secondary N) is 2. The van der Waals surface area contributed by atoms with E-state index in [4.69, 9.17) is 9.15 Å². The van der Waals surface area contributed by atoms with E-state index in [0.29, 0.717) is 5.69 Å². The number of anilines is 1. The molecule has 7 nitrogen and oxygen atoms in total. The first-order valence-corrected chi connectivity index (χ1v) is 8.24. The van der Waals surface area contributed by atoms with Crippen LogP contribution in [0.3, 0.4) is 0 Å². The highest BCUT2D eigenvalue weighted by atomic mass is 16.5. The van der Waals surface area contributed by atoms with Crippen LogP contribution in [0.1, 0.15) is 30.0 Å². The van der Waals surface area contributed by atoms with Crippen molar-refractivity contribution in [1.29, 1.82) is 0 Å². The third kappa shape index (κ3) is 5.47. The molecule has 0 radical (unpaired) electrons.